The van der Waals surface area contributed by atoms with Gasteiger partial charge in [-0.1, -0.05) is 6.07 Å². The maximum absolute atomic E-state index is 6.33. The van der Waals surface area contributed by atoms with E-state index in [-0.39, 0.29) is 6.04 Å². The van der Waals surface area contributed by atoms with E-state index in [2.05, 4.69) is 19.9 Å². The molecular formula is C14H15NO2S. The molecule has 0 fully saturated rings. The number of nitrogens with two attached hydrogens (primary N) is 1. The Labute approximate surface area is 110 Å². The number of aryl methyl sites for hydroxylation is 2. The fourth-order valence-corrected chi connectivity index (χ4v) is 3.22. The zero-order valence-corrected chi connectivity index (χ0v) is 11.2. The van der Waals surface area contributed by atoms with Gasteiger partial charge in [0.2, 0.25) is 6.79 Å². The molecule has 1 unspecified atom stereocenters. The Balaban J connectivity index is 1.97. The Morgan fingerprint density at radius 1 is 1.17 bits per heavy atom. The van der Waals surface area contributed by atoms with Crippen LogP contribution in [0.1, 0.15) is 26.9 Å². The first-order valence-electron chi connectivity index (χ1n) is 5.87. The quantitative estimate of drug-likeness (QED) is 0.903. The second-order valence-corrected chi connectivity index (χ2v) is 5.92. The van der Waals surface area contributed by atoms with Gasteiger partial charge in [0.15, 0.2) is 11.5 Å². The van der Waals surface area contributed by atoms with E-state index in [4.69, 9.17) is 15.2 Å². The van der Waals surface area contributed by atoms with E-state index in [1.54, 1.807) is 11.3 Å². The molecule has 0 bridgehead atoms. The normalized spacial score (nSPS) is 14.8. The summed E-state index contributed by atoms with van der Waals surface area (Å²) >= 11 is 1.78. The van der Waals surface area contributed by atoms with Crippen LogP contribution in [0.2, 0.25) is 0 Å². The van der Waals surface area contributed by atoms with Crippen molar-refractivity contribution in [2.45, 2.75) is 19.9 Å². The summed E-state index contributed by atoms with van der Waals surface area (Å²) in [6.45, 7) is 4.51. The molecule has 0 amide bonds. The zero-order valence-electron chi connectivity index (χ0n) is 10.4. The van der Waals surface area contributed by atoms with Crippen molar-refractivity contribution in [3.8, 4) is 11.5 Å². The van der Waals surface area contributed by atoms with Crippen LogP contribution >= 0.6 is 11.3 Å². The Bertz CT molecular complexity index is 591. The van der Waals surface area contributed by atoms with Crippen LogP contribution in [0.5, 0.6) is 11.5 Å². The van der Waals surface area contributed by atoms with Crippen molar-refractivity contribution in [2.24, 2.45) is 5.73 Å². The lowest BCUT2D eigenvalue weighted by Crippen LogP contribution is -2.11. The second kappa shape index (κ2) is 4.30. The van der Waals surface area contributed by atoms with Crippen molar-refractivity contribution < 1.29 is 9.47 Å². The van der Waals surface area contributed by atoms with Crippen molar-refractivity contribution in [3.63, 3.8) is 0 Å². The molecule has 0 radical (unpaired) electrons. The molecule has 1 aromatic heterocycles. The van der Waals surface area contributed by atoms with E-state index in [1.165, 1.54) is 15.3 Å². The molecule has 4 heteroatoms. The topological polar surface area (TPSA) is 44.5 Å². The Hall–Kier alpha value is -1.52. The Morgan fingerprint density at radius 3 is 2.67 bits per heavy atom. The average Bonchev–Trinajstić information content (AvgIpc) is 2.93. The van der Waals surface area contributed by atoms with Crippen molar-refractivity contribution in [3.05, 3.63) is 45.1 Å². The highest BCUT2D eigenvalue weighted by Crippen LogP contribution is 2.36. The van der Waals surface area contributed by atoms with E-state index in [0.717, 1.165) is 17.1 Å². The second-order valence-electron chi connectivity index (χ2n) is 4.46. The summed E-state index contributed by atoms with van der Waals surface area (Å²) < 4.78 is 10.7. The predicted molar refractivity (Wildman–Crippen MR) is 72.4 cm³/mol. The van der Waals surface area contributed by atoms with Crippen LogP contribution in [0.15, 0.2) is 24.3 Å². The molecule has 2 aromatic rings. The van der Waals surface area contributed by atoms with Crippen LogP contribution in [0.25, 0.3) is 0 Å². The van der Waals surface area contributed by atoms with Crippen LogP contribution in [0.3, 0.4) is 0 Å². The van der Waals surface area contributed by atoms with Gasteiger partial charge in [-0.2, -0.15) is 0 Å². The van der Waals surface area contributed by atoms with Gasteiger partial charge in [-0.25, -0.2) is 0 Å². The highest BCUT2D eigenvalue weighted by atomic mass is 32.1. The van der Waals surface area contributed by atoms with Crippen molar-refractivity contribution in [1.82, 2.24) is 0 Å². The third-order valence-corrected chi connectivity index (χ3v) is 4.15. The lowest BCUT2D eigenvalue weighted by Gasteiger charge is -2.12. The largest absolute Gasteiger partial charge is 0.454 e. The monoisotopic (exact) mass is 261 g/mol. The van der Waals surface area contributed by atoms with Crippen LogP contribution in [0, 0.1) is 13.8 Å². The van der Waals surface area contributed by atoms with Crippen LogP contribution in [0.4, 0.5) is 0 Å². The Morgan fingerprint density at radius 2 is 1.94 bits per heavy atom. The van der Waals surface area contributed by atoms with E-state index in [1.807, 2.05) is 18.2 Å². The lowest BCUT2D eigenvalue weighted by atomic mass is 9.99. The maximum atomic E-state index is 6.33. The van der Waals surface area contributed by atoms with Gasteiger partial charge in [0, 0.05) is 9.75 Å². The molecular weight excluding hydrogens is 246 g/mol. The van der Waals surface area contributed by atoms with Gasteiger partial charge in [0.25, 0.3) is 0 Å². The average molecular weight is 261 g/mol. The van der Waals surface area contributed by atoms with Gasteiger partial charge in [-0.3, -0.25) is 0 Å². The first-order valence-corrected chi connectivity index (χ1v) is 6.69. The van der Waals surface area contributed by atoms with E-state index in [0.29, 0.717) is 6.79 Å². The smallest absolute Gasteiger partial charge is 0.231 e. The predicted octanol–water partition coefficient (Wildman–Crippen LogP) is 3.14. The van der Waals surface area contributed by atoms with Gasteiger partial charge < -0.3 is 15.2 Å². The number of hydrogen-bond acceptors (Lipinski definition) is 4. The van der Waals surface area contributed by atoms with E-state index >= 15 is 0 Å². The summed E-state index contributed by atoms with van der Waals surface area (Å²) in [5, 5.41) is 0. The molecule has 2 N–H and O–H groups in total. The molecule has 18 heavy (non-hydrogen) atoms. The number of fused-ring (bicyclic) bond motifs is 1. The molecule has 0 saturated carbocycles. The number of rotatable bonds is 2. The van der Waals surface area contributed by atoms with Crippen LogP contribution in [-0.2, 0) is 0 Å². The first kappa shape index (κ1) is 11.6. The van der Waals surface area contributed by atoms with Gasteiger partial charge in [0.1, 0.15) is 0 Å². The molecule has 94 valence electrons. The summed E-state index contributed by atoms with van der Waals surface area (Å²) in [6.07, 6.45) is 0. The number of benzene rings is 1. The molecule has 1 aliphatic rings. The van der Waals surface area contributed by atoms with Gasteiger partial charge in [-0.05, 0) is 43.2 Å². The van der Waals surface area contributed by atoms with Crippen LogP contribution < -0.4 is 15.2 Å². The summed E-state index contributed by atoms with van der Waals surface area (Å²) in [4.78, 5) is 2.57. The van der Waals surface area contributed by atoms with Crippen LogP contribution in [-0.4, -0.2) is 6.79 Å². The minimum absolute atomic E-state index is 0.107. The molecule has 1 aliphatic heterocycles. The minimum Gasteiger partial charge on any atom is -0.454 e. The third-order valence-electron chi connectivity index (χ3n) is 3.17. The summed E-state index contributed by atoms with van der Waals surface area (Å²) in [5.41, 5.74) is 8.58. The van der Waals surface area contributed by atoms with Crippen molar-refractivity contribution >= 4 is 11.3 Å². The fraction of sp³-hybridized carbons (Fsp3) is 0.286. The maximum Gasteiger partial charge on any atom is 0.231 e. The zero-order chi connectivity index (χ0) is 12.7. The molecule has 1 atom stereocenters. The Kier molecular flexibility index (Phi) is 2.76. The highest BCUT2D eigenvalue weighted by Gasteiger charge is 2.18. The SMILES string of the molecule is Cc1cc(C(N)c2ccc3c(c2)OCO3)c(C)s1. The molecule has 0 aliphatic carbocycles. The molecule has 3 rings (SSSR count). The van der Waals surface area contributed by atoms with E-state index in [9.17, 15) is 0 Å². The van der Waals surface area contributed by atoms with Gasteiger partial charge in [0.05, 0.1) is 6.04 Å². The fourth-order valence-electron chi connectivity index (χ4n) is 2.25. The lowest BCUT2D eigenvalue weighted by molar-refractivity contribution is 0.174. The number of hydrogen-bond donors (Lipinski definition) is 1. The van der Waals surface area contributed by atoms with E-state index < -0.39 is 0 Å². The third kappa shape index (κ3) is 1.87. The molecule has 0 spiro atoms. The van der Waals surface area contributed by atoms with Gasteiger partial charge >= 0.3 is 0 Å². The highest BCUT2D eigenvalue weighted by molar-refractivity contribution is 7.12. The molecule has 2 heterocycles. The number of ether oxygens (including phenoxy) is 2. The summed E-state index contributed by atoms with van der Waals surface area (Å²) in [7, 11) is 0. The van der Waals surface area contributed by atoms with Gasteiger partial charge in [-0.15, -0.1) is 11.3 Å². The number of thiophene rings is 1. The molecule has 1 aromatic carbocycles. The van der Waals surface area contributed by atoms with Crippen molar-refractivity contribution in [2.75, 3.05) is 6.79 Å². The molecule has 3 nitrogen and oxygen atoms in total. The van der Waals surface area contributed by atoms with Crippen molar-refractivity contribution in [1.29, 1.82) is 0 Å². The minimum atomic E-state index is -0.107. The molecule has 0 saturated heterocycles. The standard InChI is InChI=1S/C14H15NO2S/c1-8-5-11(9(2)18-8)14(15)10-3-4-12-13(6-10)17-7-16-12/h3-6,14H,7,15H2,1-2H3. The first-order chi connectivity index (χ1) is 8.65. The summed E-state index contributed by atoms with van der Waals surface area (Å²) in [5.74, 6) is 1.58. The summed E-state index contributed by atoms with van der Waals surface area (Å²) in [6, 6.07) is 7.95.